The zero-order valence-corrected chi connectivity index (χ0v) is 15.8. The molecule has 1 aromatic heterocycles. The molecular formula is C19H20N3O4S+. The van der Waals surface area contributed by atoms with Gasteiger partial charge in [0.2, 0.25) is 11.6 Å². The van der Waals surface area contributed by atoms with E-state index in [-0.39, 0.29) is 5.91 Å². The van der Waals surface area contributed by atoms with Gasteiger partial charge in [-0.2, -0.15) is 0 Å². The number of rotatable bonds is 7. The van der Waals surface area contributed by atoms with Gasteiger partial charge in [-0.25, -0.2) is 4.79 Å². The van der Waals surface area contributed by atoms with Crippen molar-refractivity contribution in [2.75, 3.05) is 12.4 Å². The van der Waals surface area contributed by atoms with E-state index in [1.54, 1.807) is 31.4 Å². The minimum atomic E-state index is -0.526. The number of benzene rings is 2. The fourth-order valence-electron chi connectivity index (χ4n) is 2.47. The smallest absolute Gasteiger partial charge is 0.442 e. The van der Waals surface area contributed by atoms with Gasteiger partial charge in [-0.1, -0.05) is 25.1 Å². The van der Waals surface area contributed by atoms with E-state index in [4.69, 9.17) is 9.26 Å². The number of nitrogens with one attached hydrogen (secondary N) is 2. The van der Waals surface area contributed by atoms with Crippen molar-refractivity contribution in [1.29, 1.82) is 0 Å². The van der Waals surface area contributed by atoms with E-state index in [1.165, 1.54) is 4.68 Å². The van der Waals surface area contributed by atoms with E-state index in [0.717, 1.165) is 11.8 Å². The Bertz CT molecular complexity index is 951. The molecule has 1 atom stereocenters. The molecule has 3 rings (SSSR count). The second kappa shape index (κ2) is 8.59. The van der Waals surface area contributed by atoms with Crippen LogP contribution in [0.2, 0.25) is 0 Å². The molecule has 0 fully saturated rings. The molecule has 140 valence electrons. The van der Waals surface area contributed by atoms with Crippen LogP contribution in [0.25, 0.3) is 5.69 Å². The van der Waals surface area contributed by atoms with Gasteiger partial charge < -0.3 is 10.1 Å². The first-order valence-electron chi connectivity index (χ1n) is 8.43. The quantitative estimate of drug-likeness (QED) is 0.482. The molecule has 0 saturated heterocycles. The minimum absolute atomic E-state index is 0.171. The normalized spacial score (nSPS) is 11.8. The third-order valence-electron chi connectivity index (χ3n) is 3.90. The van der Waals surface area contributed by atoms with E-state index in [0.29, 0.717) is 28.6 Å². The molecule has 0 aliphatic rings. The Hall–Kier alpha value is -3.00. The Morgan fingerprint density at radius 3 is 2.56 bits per heavy atom. The van der Waals surface area contributed by atoms with Crippen LogP contribution in [0.5, 0.6) is 5.75 Å². The molecule has 1 heterocycles. The highest BCUT2D eigenvalue weighted by molar-refractivity contribution is 8.00. The van der Waals surface area contributed by atoms with Crippen molar-refractivity contribution < 1.29 is 18.7 Å². The summed E-state index contributed by atoms with van der Waals surface area (Å²) >= 11 is 1.16. The predicted molar refractivity (Wildman–Crippen MR) is 102 cm³/mol. The van der Waals surface area contributed by atoms with Gasteiger partial charge >= 0.3 is 10.7 Å². The number of carbonyl (C=O) groups is 1. The SMILES string of the molecule is CCC(Sc1c(=O)o[nH][n+]1-c1ccc(OC)cc1)C(=O)Nc1ccccc1. The standard InChI is InChI=1S/C19H19N3O4S/c1-3-16(17(23)20-13-7-5-4-6-8-13)27-18-19(24)26-21-22(18)14-9-11-15(25-2)12-10-14/h4-12,16H,3H2,1-2H3,(H-,20,21,23,24)/p+1. The number of para-hydroxylation sites is 1. The molecule has 0 aliphatic carbocycles. The number of amides is 1. The van der Waals surface area contributed by atoms with E-state index in [2.05, 4.69) is 10.6 Å². The van der Waals surface area contributed by atoms with Crippen LogP contribution in [-0.2, 0) is 4.79 Å². The monoisotopic (exact) mass is 386 g/mol. The molecule has 0 radical (unpaired) electrons. The molecule has 7 nitrogen and oxygen atoms in total. The highest BCUT2D eigenvalue weighted by Crippen LogP contribution is 2.23. The summed E-state index contributed by atoms with van der Waals surface area (Å²) in [7, 11) is 1.58. The van der Waals surface area contributed by atoms with Gasteiger partial charge in [0.15, 0.2) is 0 Å². The van der Waals surface area contributed by atoms with E-state index >= 15 is 0 Å². The molecule has 3 aromatic rings. The lowest BCUT2D eigenvalue weighted by atomic mass is 10.3. The first-order chi connectivity index (χ1) is 13.1. The van der Waals surface area contributed by atoms with Gasteiger partial charge in [-0.15, -0.1) is 0 Å². The predicted octanol–water partition coefficient (Wildman–Crippen LogP) is 2.76. The molecule has 27 heavy (non-hydrogen) atoms. The summed E-state index contributed by atoms with van der Waals surface area (Å²) in [6.07, 6.45) is 0.552. The van der Waals surface area contributed by atoms with E-state index in [1.807, 2.05) is 37.3 Å². The molecule has 2 aromatic carbocycles. The number of hydrogen-bond acceptors (Lipinski definition) is 5. The molecule has 1 unspecified atom stereocenters. The number of hydrogen-bond donors (Lipinski definition) is 2. The summed E-state index contributed by atoms with van der Waals surface area (Å²) in [6, 6.07) is 16.4. The zero-order chi connectivity index (χ0) is 19.2. The Kier molecular flexibility index (Phi) is 5.97. The number of aromatic amines is 1. The molecular weight excluding hydrogens is 366 g/mol. The lowest BCUT2D eigenvalue weighted by Crippen LogP contribution is -2.37. The summed E-state index contributed by atoms with van der Waals surface area (Å²) in [6.45, 7) is 1.90. The average Bonchev–Trinajstić information content (AvgIpc) is 3.07. The number of methoxy groups -OCH3 is 1. The number of anilines is 1. The maximum atomic E-state index is 12.6. The Labute approximate surface area is 160 Å². The molecule has 8 heteroatoms. The van der Waals surface area contributed by atoms with Crippen molar-refractivity contribution in [3.8, 4) is 11.4 Å². The van der Waals surface area contributed by atoms with Gasteiger partial charge in [0.05, 0.1) is 12.4 Å². The fraction of sp³-hybridized carbons (Fsp3) is 0.211. The highest BCUT2D eigenvalue weighted by Gasteiger charge is 2.30. The van der Waals surface area contributed by atoms with Crippen molar-refractivity contribution in [2.24, 2.45) is 0 Å². The minimum Gasteiger partial charge on any atom is -0.497 e. The number of nitrogens with zero attached hydrogens (tertiary/aromatic N) is 1. The second-order valence-corrected chi connectivity index (χ2v) is 6.88. The summed E-state index contributed by atoms with van der Waals surface area (Å²) in [4.78, 5) is 24.8. The number of thioether (sulfide) groups is 1. The van der Waals surface area contributed by atoms with Gasteiger partial charge in [0, 0.05) is 17.8 Å². The van der Waals surface area contributed by atoms with Crippen molar-refractivity contribution in [2.45, 2.75) is 23.6 Å². The van der Waals surface area contributed by atoms with Crippen LogP contribution < -0.4 is 20.4 Å². The van der Waals surface area contributed by atoms with Crippen molar-refractivity contribution in [1.82, 2.24) is 5.27 Å². The Morgan fingerprint density at radius 1 is 1.22 bits per heavy atom. The number of ether oxygens (including phenoxy) is 1. The van der Waals surface area contributed by atoms with Gasteiger partial charge in [0.25, 0.3) is 0 Å². The number of H-pyrrole nitrogens is 1. The summed E-state index contributed by atoms with van der Waals surface area (Å²) in [5, 5.41) is 5.30. The maximum absolute atomic E-state index is 12.6. The highest BCUT2D eigenvalue weighted by atomic mass is 32.2. The zero-order valence-electron chi connectivity index (χ0n) is 15.0. The molecule has 1 amide bonds. The first kappa shape index (κ1) is 18.8. The lowest BCUT2D eigenvalue weighted by molar-refractivity contribution is -0.704. The molecule has 0 bridgehead atoms. The summed E-state index contributed by atoms with van der Waals surface area (Å²) in [5.41, 5.74) is 0.884. The first-order valence-corrected chi connectivity index (χ1v) is 9.31. The molecule has 0 saturated carbocycles. The average molecular weight is 386 g/mol. The number of aromatic nitrogens is 2. The third kappa shape index (κ3) is 4.40. The van der Waals surface area contributed by atoms with Gasteiger partial charge in [-0.05, 0) is 52.4 Å². The van der Waals surface area contributed by atoms with E-state index in [9.17, 15) is 9.59 Å². The van der Waals surface area contributed by atoms with Crippen molar-refractivity contribution >= 4 is 23.4 Å². The van der Waals surface area contributed by atoms with Gasteiger partial charge in [-0.3, -0.25) is 9.32 Å². The maximum Gasteiger partial charge on any atom is 0.442 e. The lowest BCUT2D eigenvalue weighted by Gasteiger charge is -2.12. The van der Waals surface area contributed by atoms with Crippen molar-refractivity contribution in [3.63, 3.8) is 0 Å². The van der Waals surface area contributed by atoms with Crippen LogP contribution in [0, 0.1) is 0 Å². The third-order valence-corrected chi connectivity index (χ3v) is 5.30. The second-order valence-electron chi connectivity index (χ2n) is 5.69. The van der Waals surface area contributed by atoms with Crippen LogP contribution >= 0.6 is 11.8 Å². The molecule has 0 spiro atoms. The van der Waals surface area contributed by atoms with Crippen LogP contribution in [0.1, 0.15) is 13.3 Å². The summed E-state index contributed by atoms with van der Waals surface area (Å²) < 4.78 is 11.6. The largest absolute Gasteiger partial charge is 0.497 e. The molecule has 0 aliphatic heterocycles. The van der Waals surface area contributed by atoms with Crippen LogP contribution in [0.3, 0.4) is 0 Å². The fourth-order valence-corrected chi connectivity index (χ4v) is 3.45. The van der Waals surface area contributed by atoms with Crippen LogP contribution in [0.15, 0.2) is 68.9 Å². The summed E-state index contributed by atoms with van der Waals surface area (Å²) in [5.74, 6) is 0.531. The number of carbonyl (C=O) groups excluding carboxylic acids is 1. The van der Waals surface area contributed by atoms with Gasteiger partial charge in [0.1, 0.15) is 5.75 Å². The topological polar surface area (TPSA) is 88.2 Å². The van der Waals surface area contributed by atoms with Crippen LogP contribution in [-0.4, -0.2) is 23.5 Å². The van der Waals surface area contributed by atoms with Crippen LogP contribution in [0.4, 0.5) is 5.69 Å². The molecule has 2 N–H and O–H groups in total. The Balaban J connectivity index is 1.82. The van der Waals surface area contributed by atoms with Crippen molar-refractivity contribution in [3.05, 3.63) is 65.0 Å². The Morgan fingerprint density at radius 2 is 1.93 bits per heavy atom. The van der Waals surface area contributed by atoms with E-state index < -0.39 is 10.9 Å².